The summed E-state index contributed by atoms with van der Waals surface area (Å²) in [5.41, 5.74) is 2.18. The molecule has 0 bridgehead atoms. The van der Waals surface area contributed by atoms with Gasteiger partial charge in [-0.25, -0.2) is 4.98 Å². The highest BCUT2D eigenvalue weighted by Gasteiger charge is 2.08. The molecule has 1 aromatic carbocycles. The van der Waals surface area contributed by atoms with Gasteiger partial charge in [-0.15, -0.1) is 0 Å². The maximum atomic E-state index is 11.8. The molecule has 2 N–H and O–H groups in total. The number of ether oxygens (including phenoxy) is 1. The molecule has 130 valence electrons. The van der Waals surface area contributed by atoms with Crippen LogP contribution in [0.4, 0.5) is 5.95 Å². The number of aromatic nitrogens is 3. The first-order valence-electron chi connectivity index (χ1n) is 8.46. The summed E-state index contributed by atoms with van der Waals surface area (Å²) in [5, 5.41) is 3.28. The molecule has 3 rings (SSSR count). The predicted molar refractivity (Wildman–Crippen MR) is 98.4 cm³/mol. The van der Waals surface area contributed by atoms with Crippen molar-refractivity contribution >= 4 is 22.8 Å². The van der Waals surface area contributed by atoms with Crippen LogP contribution in [0.3, 0.4) is 0 Å². The summed E-state index contributed by atoms with van der Waals surface area (Å²) >= 11 is 0. The fourth-order valence-electron chi connectivity index (χ4n) is 2.38. The fraction of sp³-hybridized carbons (Fsp3) is 0.316. The summed E-state index contributed by atoms with van der Waals surface area (Å²) in [6, 6.07) is 9.06. The molecular formula is C19H22N4O2. The van der Waals surface area contributed by atoms with Crippen molar-refractivity contribution in [3.05, 3.63) is 42.2 Å². The van der Waals surface area contributed by atoms with Crippen LogP contribution in [-0.4, -0.2) is 27.3 Å². The van der Waals surface area contributed by atoms with Crippen molar-refractivity contribution in [3.63, 3.8) is 0 Å². The van der Waals surface area contributed by atoms with Gasteiger partial charge in [0.1, 0.15) is 17.2 Å². The molecule has 0 aliphatic rings. The zero-order valence-electron chi connectivity index (χ0n) is 14.7. The first-order valence-corrected chi connectivity index (χ1v) is 8.46. The topological polar surface area (TPSA) is 79.9 Å². The first-order chi connectivity index (χ1) is 12.0. The quantitative estimate of drug-likeness (QED) is 0.624. The summed E-state index contributed by atoms with van der Waals surface area (Å²) in [6.07, 6.45) is 2.00. The van der Waals surface area contributed by atoms with Crippen molar-refractivity contribution in [2.45, 2.75) is 27.2 Å². The number of aromatic amines is 1. The monoisotopic (exact) mass is 338 g/mol. The smallest absolute Gasteiger partial charge is 0.201 e. The summed E-state index contributed by atoms with van der Waals surface area (Å²) in [5.74, 6) is 2.55. The highest BCUT2D eigenvalue weighted by atomic mass is 16.5. The Balaban J connectivity index is 1.79. The van der Waals surface area contributed by atoms with Gasteiger partial charge in [0.25, 0.3) is 0 Å². The van der Waals surface area contributed by atoms with Gasteiger partial charge >= 0.3 is 0 Å². The second-order valence-electron chi connectivity index (χ2n) is 6.29. The van der Waals surface area contributed by atoms with Crippen molar-refractivity contribution in [2.24, 2.45) is 5.92 Å². The number of nitrogens with one attached hydrogen (secondary N) is 2. The van der Waals surface area contributed by atoms with Crippen LogP contribution < -0.4 is 10.1 Å². The predicted octanol–water partition coefficient (Wildman–Crippen LogP) is 4.41. The summed E-state index contributed by atoms with van der Waals surface area (Å²) < 4.78 is 5.87. The molecule has 0 fully saturated rings. The van der Waals surface area contributed by atoms with Crippen LogP contribution in [0, 0.1) is 5.92 Å². The number of pyridine rings is 1. The van der Waals surface area contributed by atoms with Crippen LogP contribution in [0.25, 0.3) is 11.0 Å². The lowest BCUT2D eigenvalue weighted by Crippen LogP contribution is -2.08. The molecule has 0 unspecified atom stereocenters. The number of carbonyl (C=O) groups excluding carboxylic acids is 1. The molecule has 25 heavy (non-hydrogen) atoms. The highest BCUT2D eigenvalue weighted by molar-refractivity contribution is 5.94. The number of anilines is 1. The molecule has 0 aliphatic carbocycles. The van der Waals surface area contributed by atoms with Crippen molar-refractivity contribution in [3.8, 4) is 11.5 Å². The minimum absolute atomic E-state index is 0.00432. The molecule has 0 aliphatic heterocycles. The summed E-state index contributed by atoms with van der Waals surface area (Å²) in [6.45, 7) is 6.96. The van der Waals surface area contributed by atoms with E-state index in [2.05, 4.69) is 34.1 Å². The number of hydrogen-bond acceptors (Lipinski definition) is 5. The number of fused-ring (bicyclic) bond motifs is 1. The lowest BCUT2D eigenvalue weighted by Gasteiger charge is -2.06. The van der Waals surface area contributed by atoms with Crippen molar-refractivity contribution in [2.75, 3.05) is 11.9 Å². The number of benzene rings is 1. The van der Waals surface area contributed by atoms with Gasteiger partial charge < -0.3 is 15.0 Å². The third kappa shape index (κ3) is 4.15. The van der Waals surface area contributed by atoms with E-state index in [0.29, 0.717) is 29.5 Å². The van der Waals surface area contributed by atoms with Gasteiger partial charge in [0.2, 0.25) is 5.95 Å². The average molecular weight is 338 g/mol. The van der Waals surface area contributed by atoms with E-state index in [9.17, 15) is 4.79 Å². The Bertz CT molecular complexity index is 886. The lowest BCUT2D eigenvalue weighted by molar-refractivity contribution is 0.0983. The molecule has 0 radical (unpaired) electrons. The van der Waals surface area contributed by atoms with Gasteiger partial charge in [-0.1, -0.05) is 20.8 Å². The van der Waals surface area contributed by atoms with Gasteiger partial charge in [0.05, 0.1) is 11.0 Å². The Morgan fingerprint density at radius 1 is 1.24 bits per heavy atom. The van der Waals surface area contributed by atoms with Crippen LogP contribution in [0.15, 0.2) is 36.5 Å². The number of imidazole rings is 1. The Morgan fingerprint density at radius 2 is 2.04 bits per heavy atom. The standard InChI is InChI=1S/C19H22N4O2/c1-4-18(24)17-10-14(7-8-20-17)25-13-5-6-15-16(9-13)23-19(22-15)21-11-12(2)3/h5-10,12H,4,11H2,1-3H3,(H2,21,22,23). The van der Waals surface area contributed by atoms with Gasteiger partial charge in [-0.05, 0) is 24.1 Å². The third-order valence-electron chi connectivity index (χ3n) is 3.71. The maximum Gasteiger partial charge on any atom is 0.201 e. The number of carbonyl (C=O) groups is 1. The Labute approximate surface area is 146 Å². The first kappa shape index (κ1) is 17.0. The van der Waals surface area contributed by atoms with E-state index in [-0.39, 0.29) is 5.78 Å². The molecule has 0 atom stereocenters. The third-order valence-corrected chi connectivity index (χ3v) is 3.71. The lowest BCUT2D eigenvalue weighted by atomic mass is 10.2. The molecule has 3 aromatic rings. The number of hydrogen-bond donors (Lipinski definition) is 2. The van der Waals surface area contributed by atoms with Crippen molar-refractivity contribution in [1.29, 1.82) is 0 Å². The van der Waals surface area contributed by atoms with Gasteiger partial charge in [-0.2, -0.15) is 0 Å². The van der Waals surface area contributed by atoms with Crippen LogP contribution >= 0.6 is 0 Å². The number of ketones is 1. The van der Waals surface area contributed by atoms with E-state index in [4.69, 9.17) is 4.74 Å². The van der Waals surface area contributed by atoms with Crippen LogP contribution in [0.1, 0.15) is 37.7 Å². The van der Waals surface area contributed by atoms with Gasteiger partial charge in [0.15, 0.2) is 5.78 Å². The SMILES string of the molecule is CCC(=O)c1cc(Oc2ccc3nc(NCC(C)C)[nH]c3c2)ccn1. The number of rotatable bonds is 7. The minimum atomic E-state index is -0.00432. The normalized spacial score (nSPS) is 11.0. The zero-order valence-corrected chi connectivity index (χ0v) is 14.7. The molecular weight excluding hydrogens is 316 g/mol. The number of nitrogens with zero attached hydrogens (tertiary/aromatic N) is 2. The molecule has 0 amide bonds. The summed E-state index contributed by atoms with van der Waals surface area (Å²) in [4.78, 5) is 23.6. The second-order valence-corrected chi connectivity index (χ2v) is 6.29. The molecule has 0 saturated carbocycles. The number of H-pyrrole nitrogens is 1. The largest absolute Gasteiger partial charge is 0.457 e. The Morgan fingerprint density at radius 3 is 2.80 bits per heavy atom. The summed E-state index contributed by atoms with van der Waals surface area (Å²) in [7, 11) is 0. The molecule has 2 aromatic heterocycles. The van der Waals surface area contributed by atoms with E-state index >= 15 is 0 Å². The average Bonchev–Trinajstić information content (AvgIpc) is 3.01. The van der Waals surface area contributed by atoms with Crippen LogP contribution in [0.5, 0.6) is 11.5 Å². The molecule has 6 nitrogen and oxygen atoms in total. The zero-order chi connectivity index (χ0) is 17.8. The van der Waals surface area contributed by atoms with Crippen LogP contribution in [0.2, 0.25) is 0 Å². The van der Waals surface area contributed by atoms with E-state index in [1.54, 1.807) is 18.3 Å². The molecule has 0 spiro atoms. The Kier molecular flexibility index (Phi) is 4.97. The molecule has 6 heteroatoms. The van der Waals surface area contributed by atoms with E-state index in [1.807, 2.05) is 25.1 Å². The van der Waals surface area contributed by atoms with Gasteiger partial charge in [0, 0.05) is 31.3 Å². The second kappa shape index (κ2) is 7.34. The Hall–Kier alpha value is -2.89. The van der Waals surface area contributed by atoms with Crippen molar-refractivity contribution < 1.29 is 9.53 Å². The highest BCUT2D eigenvalue weighted by Crippen LogP contribution is 2.26. The fourth-order valence-corrected chi connectivity index (χ4v) is 2.38. The van der Waals surface area contributed by atoms with Crippen LogP contribution in [-0.2, 0) is 0 Å². The van der Waals surface area contributed by atoms with E-state index in [1.165, 1.54) is 0 Å². The molecule has 0 saturated heterocycles. The van der Waals surface area contributed by atoms with Crippen molar-refractivity contribution in [1.82, 2.24) is 15.0 Å². The van der Waals surface area contributed by atoms with E-state index < -0.39 is 0 Å². The van der Waals surface area contributed by atoms with Gasteiger partial charge in [-0.3, -0.25) is 9.78 Å². The molecule has 2 heterocycles. The minimum Gasteiger partial charge on any atom is -0.457 e. The number of Topliss-reactive ketones (excluding diaryl/α,β-unsaturated/α-hetero) is 1. The maximum absolute atomic E-state index is 11.8. The van der Waals surface area contributed by atoms with E-state index in [0.717, 1.165) is 23.5 Å².